The van der Waals surface area contributed by atoms with Gasteiger partial charge in [-0.1, -0.05) is 30.3 Å². The molecule has 4 aromatic carbocycles. The van der Waals surface area contributed by atoms with Crippen molar-refractivity contribution < 1.29 is 27.7 Å². The molecule has 3 heterocycles. The van der Waals surface area contributed by atoms with Crippen LogP contribution in [0.4, 0.5) is 8.78 Å². The quantitative estimate of drug-likeness (QED) is 0.253. The van der Waals surface area contributed by atoms with E-state index in [1.807, 2.05) is 30.3 Å². The van der Waals surface area contributed by atoms with E-state index in [0.717, 1.165) is 59.9 Å². The van der Waals surface area contributed by atoms with E-state index in [1.165, 1.54) is 41.0 Å². The zero-order chi connectivity index (χ0) is 28.1. The van der Waals surface area contributed by atoms with Crippen molar-refractivity contribution in [2.24, 2.45) is 0 Å². The van der Waals surface area contributed by atoms with Crippen LogP contribution >= 0.6 is 0 Å². The molecule has 2 atom stereocenters. The Morgan fingerprint density at radius 1 is 0.829 bits per heavy atom. The molecule has 4 aromatic rings. The van der Waals surface area contributed by atoms with Crippen molar-refractivity contribution in [2.75, 3.05) is 27.6 Å². The number of fused-ring (bicyclic) bond motifs is 5. The molecule has 0 aliphatic carbocycles. The molecule has 7 heteroatoms. The maximum Gasteiger partial charge on any atom is 0.231 e. The van der Waals surface area contributed by atoms with Crippen molar-refractivity contribution in [3.63, 3.8) is 0 Å². The smallest absolute Gasteiger partial charge is 0.231 e. The number of nitrogens with zero attached hydrogens (tertiary/aromatic N) is 1. The SMILES string of the molecule is COc1ccc2c(c1OC)CN1CCc3cc4c(cc3C1C2CC(c1ccc(F)cc1)c1ccc(F)cc1)OCO4. The Morgan fingerprint density at radius 3 is 2.12 bits per heavy atom. The van der Waals surface area contributed by atoms with Crippen LogP contribution in [-0.4, -0.2) is 32.5 Å². The summed E-state index contributed by atoms with van der Waals surface area (Å²) in [5.41, 5.74) is 6.79. The second-order valence-corrected chi connectivity index (χ2v) is 10.9. The summed E-state index contributed by atoms with van der Waals surface area (Å²) in [5.74, 6) is 2.41. The van der Waals surface area contributed by atoms with Gasteiger partial charge in [-0.15, -0.1) is 0 Å². The fourth-order valence-electron chi connectivity index (χ4n) is 6.99. The molecule has 41 heavy (non-hydrogen) atoms. The Morgan fingerprint density at radius 2 is 1.49 bits per heavy atom. The first kappa shape index (κ1) is 25.8. The number of benzene rings is 4. The number of hydrogen-bond acceptors (Lipinski definition) is 5. The maximum absolute atomic E-state index is 14.0. The normalized spacial score (nSPS) is 19.0. The monoisotopic (exact) mass is 555 g/mol. The van der Waals surface area contributed by atoms with Crippen LogP contribution in [0.1, 0.15) is 57.7 Å². The van der Waals surface area contributed by atoms with E-state index in [9.17, 15) is 8.78 Å². The summed E-state index contributed by atoms with van der Waals surface area (Å²) < 4.78 is 51.1. The number of hydrogen-bond donors (Lipinski definition) is 0. The van der Waals surface area contributed by atoms with Gasteiger partial charge >= 0.3 is 0 Å². The van der Waals surface area contributed by atoms with E-state index < -0.39 is 0 Å². The van der Waals surface area contributed by atoms with E-state index in [1.54, 1.807) is 14.2 Å². The molecule has 0 saturated heterocycles. The Bertz CT molecular complexity index is 1540. The third-order valence-corrected chi connectivity index (χ3v) is 8.88. The van der Waals surface area contributed by atoms with Crippen LogP contribution in [0.3, 0.4) is 0 Å². The van der Waals surface area contributed by atoms with E-state index in [0.29, 0.717) is 5.75 Å². The van der Waals surface area contributed by atoms with Crippen LogP contribution < -0.4 is 18.9 Å². The van der Waals surface area contributed by atoms with Gasteiger partial charge in [-0.3, -0.25) is 4.90 Å². The van der Waals surface area contributed by atoms with Crippen molar-refractivity contribution in [1.82, 2.24) is 4.90 Å². The van der Waals surface area contributed by atoms with Crippen molar-refractivity contribution >= 4 is 0 Å². The topological polar surface area (TPSA) is 40.2 Å². The minimum atomic E-state index is -0.282. The molecule has 0 aromatic heterocycles. The van der Waals surface area contributed by atoms with Gasteiger partial charge in [0.2, 0.25) is 6.79 Å². The number of halogens is 2. The molecule has 0 amide bonds. The summed E-state index contributed by atoms with van der Waals surface area (Å²) in [6.45, 7) is 1.83. The highest BCUT2D eigenvalue weighted by Gasteiger charge is 2.43. The van der Waals surface area contributed by atoms with Gasteiger partial charge in [-0.05, 0) is 83.1 Å². The highest BCUT2D eigenvalue weighted by Crippen LogP contribution is 2.54. The molecule has 0 spiro atoms. The molecular weight excluding hydrogens is 524 g/mol. The second kappa shape index (κ2) is 10.4. The fraction of sp³-hybridized carbons (Fsp3) is 0.294. The lowest BCUT2D eigenvalue weighted by Gasteiger charge is -2.47. The van der Waals surface area contributed by atoms with Crippen LogP contribution in [-0.2, 0) is 13.0 Å². The Labute approximate surface area is 238 Å². The van der Waals surface area contributed by atoms with Crippen LogP contribution in [0.25, 0.3) is 0 Å². The van der Waals surface area contributed by atoms with Crippen molar-refractivity contribution in [1.29, 1.82) is 0 Å². The zero-order valence-electron chi connectivity index (χ0n) is 23.0. The average molecular weight is 556 g/mol. The number of methoxy groups -OCH3 is 2. The zero-order valence-corrected chi connectivity index (χ0v) is 23.0. The van der Waals surface area contributed by atoms with E-state index in [2.05, 4.69) is 23.1 Å². The molecule has 3 aliphatic heterocycles. The molecule has 5 nitrogen and oxygen atoms in total. The van der Waals surface area contributed by atoms with Crippen LogP contribution in [0.5, 0.6) is 23.0 Å². The van der Waals surface area contributed by atoms with Gasteiger partial charge in [0.25, 0.3) is 0 Å². The molecule has 2 unspecified atom stereocenters. The number of rotatable bonds is 6. The van der Waals surface area contributed by atoms with E-state index >= 15 is 0 Å². The second-order valence-electron chi connectivity index (χ2n) is 10.9. The lowest BCUT2D eigenvalue weighted by Crippen LogP contribution is -2.42. The van der Waals surface area contributed by atoms with Gasteiger partial charge in [-0.25, -0.2) is 8.78 Å². The lowest BCUT2D eigenvalue weighted by atomic mass is 9.71. The molecule has 7 rings (SSSR count). The van der Waals surface area contributed by atoms with Gasteiger partial charge in [0.1, 0.15) is 11.6 Å². The fourth-order valence-corrected chi connectivity index (χ4v) is 6.99. The maximum atomic E-state index is 14.0. The van der Waals surface area contributed by atoms with E-state index in [-0.39, 0.29) is 36.3 Å². The average Bonchev–Trinajstić information content (AvgIpc) is 3.46. The highest BCUT2D eigenvalue weighted by molar-refractivity contribution is 5.57. The minimum Gasteiger partial charge on any atom is -0.493 e. The lowest BCUT2D eigenvalue weighted by molar-refractivity contribution is 0.125. The molecule has 0 bridgehead atoms. The molecular formula is C34H31F2NO4. The molecule has 0 fully saturated rings. The summed E-state index contributed by atoms with van der Waals surface area (Å²) in [6.07, 6.45) is 1.62. The van der Waals surface area contributed by atoms with Gasteiger partial charge in [0.15, 0.2) is 23.0 Å². The van der Waals surface area contributed by atoms with Crippen molar-refractivity contribution in [3.8, 4) is 23.0 Å². The van der Waals surface area contributed by atoms with Crippen LogP contribution in [0.15, 0.2) is 72.8 Å². The van der Waals surface area contributed by atoms with Gasteiger partial charge in [0.05, 0.1) is 14.2 Å². The summed E-state index contributed by atoms with van der Waals surface area (Å²) in [6, 6.07) is 21.8. The van der Waals surface area contributed by atoms with Crippen molar-refractivity contribution in [2.45, 2.75) is 37.3 Å². The molecule has 0 radical (unpaired) electrons. The first-order valence-electron chi connectivity index (χ1n) is 13.9. The Hall–Kier alpha value is -4.10. The number of ether oxygens (including phenoxy) is 4. The largest absolute Gasteiger partial charge is 0.493 e. The predicted molar refractivity (Wildman–Crippen MR) is 151 cm³/mol. The van der Waals surface area contributed by atoms with Crippen LogP contribution in [0.2, 0.25) is 0 Å². The van der Waals surface area contributed by atoms with E-state index in [4.69, 9.17) is 18.9 Å². The minimum absolute atomic E-state index is 0.0399. The first-order valence-corrected chi connectivity index (χ1v) is 13.9. The summed E-state index contributed by atoms with van der Waals surface area (Å²) >= 11 is 0. The third-order valence-electron chi connectivity index (χ3n) is 8.88. The third kappa shape index (κ3) is 4.49. The Kier molecular flexibility index (Phi) is 6.54. The van der Waals surface area contributed by atoms with Crippen LogP contribution in [0, 0.1) is 11.6 Å². The standard InChI is InChI=1S/C34H31F2NO4/c1-38-30-12-11-25-28(16-26(20-3-7-23(35)8-4-20)21-5-9-24(36)10-6-21)33-27-17-32-31(40-19-41-32)15-22(27)13-14-37(33)18-29(25)34(30)39-2/h3-12,15,17,26,28,33H,13-14,16,18-19H2,1-2H3. The summed E-state index contributed by atoms with van der Waals surface area (Å²) in [7, 11) is 3.34. The molecule has 0 N–H and O–H groups in total. The first-order chi connectivity index (χ1) is 20.0. The molecule has 3 aliphatic rings. The summed E-state index contributed by atoms with van der Waals surface area (Å²) in [4.78, 5) is 2.52. The molecule has 210 valence electrons. The molecule has 0 saturated carbocycles. The predicted octanol–water partition coefficient (Wildman–Crippen LogP) is 7.13. The van der Waals surface area contributed by atoms with Gasteiger partial charge in [-0.2, -0.15) is 0 Å². The van der Waals surface area contributed by atoms with Crippen molar-refractivity contribution in [3.05, 3.63) is 118 Å². The summed E-state index contributed by atoms with van der Waals surface area (Å²) in [5, 5.41) is 0. The highest BCUT2D eigenvalue weighted by atomic mass is 19.1. The Balaban J connectivity index is 1.40. The van der Waals surface area contributed by atoms with Gasteiger partial charge < -0.3 is 18.9 Å². The van der Waals surface area contributed by atoms with Gasteiger partial charge in [0, 0.05) is 36.5 Å².